The predicted molar refractivity (Wildman–Crippen MR) is 78.3 cm³/mol. The number of hydrogen-bond acceptors (Lipinski definition) is 4. The number of nitrogens with two attached hydrogens (primary N) is 1. The number of anilines is 1. The molecule has 20 heavy (non-hydrogen) atoms. The Balaban J connectivity index is 1.76. The molecule has 1 unspecified atom stereocenters. The Morgan fingerprint density at radius 2 is 2.35 bits per heavy atom. The summed E-state index contributed by atoms with van der Waals surface area (Å²) in [5, 5.41) is 3.42. The molecule has 2 saturated heterocycles. The summed E-state index contributed by atoms with van der Waals surface area (Å²) in [4.78, 5) is 18.7. The molecule has 1 aromatic heterocycles. The lowest BCUT2D eigenvalue weighted by atomic mass is 9.76. The quantitative estimate of drug-likeness (QED) is 0.859. The molecule has 2 aliphatic rings. The third-order valence-electron chi connectivity index (χ3n) is 4.74. The molecule has 2 aliphatic heterocycles. The fourth-order valence-electron chi connectivity index (χ4n) is 3.60. The molecule has 0 saturated carbocycles. The van der Waals surface area contributed by atoms with Crippen LogP contribution in [0.2, 0.25) is 0 Å². The Bertz CT molecular complexity index is 470. The fourth-order valence-corrected chi connectivity index (χ4v) is 3.60. The second-order valence-corrected chi connectivity index (χ2v) is 5.84. The molecular weight excluding hydrogens is 252 g/mol. The second-order valence-electron chi connectivity index (χ2n) is 5.84. The summed E-state index contributed by atoms with van der Waals surface area (Å²) in [5.41, 5.74) is 5.22. The smallest absolute Gasteiger partial charge is 0.238 e. The van der Waals surface area contributed by atoms with Crippen molar-refractivity contribution in [1.82, 2.24) is 10.3 Å². The molecule has 5 nitrogen and oxygen atoms in total. The minimum Gasteiger partial charge on any atom is -0.368 e. The molecule has 5 heteroatoms. The van der Waals surface area contributed by atoms with Crippen molar-refractivity contribution < 1.29 is 4.79 Å². The highest BCUT2D eigenvalue weighted by molar-refractivity contribution is 5.85. The van der Waals surface area contributed by atoms with Crippen molar-refractivity contribution in [3.8, 4) is 0 Å². The van der Waals surface area contributed by atoms with Gasteiger partial charge in [0, 0.05) is 25.2 Å². The van der Waals surface area contributed by atoms with E-state index in [2.05, 4.69) is 15.2 Å². The number of pyridine rings is 1. The molecule has 108 valence electrons. The molecule has 0 bridgehead atoms. The highest BCUT2D eigenvalue weighted by Gasteiger charge is 2.47. The van der Waals surface area contributed by atoms with Gasteiger partial charge in [0.15, 0.2) is 0 Å². The Labute approximate surface area is 119 Å². The van der Waals surface area contributed by atoms with Crippen molar-refractivity contribution in [3.63, 3.8) is 0 Å². The van der Waals surface area contributed by atoms with Gasteiger partial charge < -0.3 is 16.0 Å². The van der Waals surface area contributed by atoms with Crippen LogP contribution in [0.3, 0.4) is 0 Å². The van der Waals surface area contributed by atoms with Gasteiger partial charge in [-0.2, -0.15) is 0 Å². The van der Waals surface area contributed by atoms with E-state index >= 15 is 0 Å². The molecular formula is C15H22N4O. The molecule has 2 fully saturated rings. The predicted octanol–water partition coefficient (Wildman–Crippen LogP) is 0.905. The number of nitrogens with one attached hydrogen (secondary N) is 1. The van der Waals surface area contributed by atoms with Crippen LogP contribution in [0.4, 0.5) is 5.82 Å². The first kappa shape index (κ1) is 13.4. The number of nitrogens with zero attached hydrogens (tertiary/aromatic N) is 2. The van der Waals surface area contributed by atoms with Crippen molar-refractivity contribution in [2.24, 2.45) is 11.7 Å². The number of amides is 1. The van der Waals surface area contributed by atoms with Crippen molar-refractivity contribution in [2.75, 3.05) is 24.5 Å². The van der Waals surface area contributed by atoms with Gasteiger partial charge in [-0.3, -0.25) is 4.79 Å². The van der Waals surface area contributed by atoms with Crippen LogP contribution in [0.5, 0.6) is 0 Å². The average molecular weight is 274 g/mol. The van der Waals surface area contributed by atoms with Gasteiger partial charge in [-0.25, -0.2) is 4.98 Å². The standard InChI is InChI=1S/C15H22N4O/c16-14(20)15(7-2-4-9-18-15)12-6-10-19(11-12)13-5-1-3-8-17-13/h1,3,5,8,12,18H,2,4,6-7,9-11H2,(H2,16,20)/t12-,15?/m0/s1. The lowest BCUT2D eigenvalue weighted by molar-refractivity contribution is -0.127. The average Bonchev–Trinajstić information content (AvgIpc) is 2.99. The van der Waals surface area contributed by atoms with Crippen LogP contribution in [-0.4, -0.2) is 36.1 Å². The minimum atomic E-state index is -0.512. The number of carbonyl (C=O) groups excluding carboxylic acids is 1. The zero-order valence-electron chi connectivity index (χ0n) is 11.7. The van der Waals surface area contributed by atoms with Crippen LogP contribution in [0.1, 0.15) is 25.7 Å². The summed E-state index contributed by atoms with van der Waals surface area (Å²) in [5.74, 6) is 1.08. The molecule has 1 amide bonds. The van der Waals surface area contributed by atoms with E-state index in [1.165, 1.54) is 0 Å². The van der Waals surface area contributed by atoms with Gasteiger partial charge in [0.2, 0.25) is 5.91 Å². The first-order valence-electron chi connectivity index (χ1n) is 7.43. The van der Waals surface area contributed by atoms with Crippen molar-refractivity contribution >= 4 is 11.7 Å². The summed E-state index contributed by atoms with van der Waals surface area (Å²) in [6, 6.07) is 5.94. The SMILES string of the molecule is NC(=O)C1([C@H]2CCN(c3ccccn3)C2)CCCCN1. The summed E-state index contributed by atoms with van der Waals surface area (Å²) in [7, 11) is 0. The van der Waals surface area contributed by atoms with Crippen LogP contribution in [0, 0.1) is 5.92 Å². The van der Waals surface area contributed by atoms with E-state index < -0.39 is 5.54 Å². The first-order chi connectivity index (χ1) is 9.72. The largest absolute Gasteiger partial charge is 0.368 e. The van der Waals surface area contributed by atoms with E-state index in [-0.39, 0.29) is 11.8 Å². The van der Waals surface area contributed by atoms with E-state index in [9.17, 15) is 4.79 Å². The fraction of sp³-hybridized carbons (Fsp3) is 0.600. The zero-order chi connectivity index (χ0) is 14.0. The van der Waals surface area contributed by atoms with Gasteiger partial charge in [0.1, 0.15) is 11.4 Å². The lowest BCUT2D eigenvalue weighted by Crippen LogP contribution is -2.62. The van der Waals surface area contributed by atoms with Gasteiger partial charge >= 0.3 is 0 Å². The molecule has 0 aromatic carbocycles. The maximum absolute atomic E-state index is 12.0. The second kappa shape index (κ2) is 5.40. The van der Waals surface area contributed by atoms with E-state index in [0.29, 0.717) is 0 Å². The summed E-state index contributed by atoms with van der Waals surface area (Å²) in [6.07, 6.45) is 5.88. The number of rotatable bonds is 3. The van der Waals surface area contributed by atoms with Gasteiger partial charge in [-0.1, -0.05) is 6.07 Å². The van der Waals surface area contributed by atoms with Crippen molar-refractivity contribution in [3.05, 3.63) is 24.4 Å². The number of hydrogen-bond donors (Lipinski definition) is 2. The Kier molecular flexibility index (Phi) is 3.61. The first-order valence-corrected chi connectivity index (χ1v) is 7.43. The number of primary amides is 1. The molecule has 0 radical (unpaired) electrons. The summed E-state index contributed by atoms with van der Waals surface area (Å²) < 4.78 is 0. The molecule has 3 rings (SSSR count). The maximum Gasteiger partial charge on any atom is 0.238 e. The maximum atomic E-state index is 12.0. The van der Waals surface area contributed by atoms with Crippen molar-refractivity contribution in [2.45, 2.75) is 31.2 Å². The monoisotopic (exact) mass is 274 g/mol. The van der Waals surface area contributed by atoms with Crippen LogP contribution in [0.15, 0.2) is 24.4 Å². The van der Waals surface area contributed by atoms with Crippen molar-refractivity contribution in [1.29, 1.82) is 0 Å². The lowest BCUT2D eigenvalue weighted by Gasteiger charge is -2.40. The highest BCUT2D eigenvalue weighted by Crippen LogP contribution is 2.35. The Hall–Kier alpha value is -1.62. The van der Waals surface area contributed by atoms with E-state index in [1.54, 1.807) is 0 Å². The van der Waals surface area contributed by atoms with Gasteiger partial charge in [0.05, 0.1) is 0 Å². The van der Waals surface area contributed by atoms with Gasteiger partial charge in [0.25, 0.3) is 0 Å². The highest BCUT2D eigenvalue weighted by atomic mass is 16.1. The molecule has 3 N–H and O–H groups in total. The normalized spacial score (nSPS) is 30.4. The third-order valence-corrected chi connectivity index (χ3v) is 4.74. The number of piperidine rings is 1. The third kappa shape index (κ3) is 2.26. The van der Waals surface area contributed by atoms with E-state index in [1.807, 2.05) is 24.4 Å². The molecule has 3 heterocycles. The zero-order valence-corrected chi connectivity index (χ0v) is 11.7. The molecule has 0 aliphatic carbocycles. The Morgan fingerprint density at radius 1 is 1.45 bits per heavy atom. The van der Waals surface area contributed by atoms with Crippen LogP contribution in [0.25, 0.3) is 0 Å². The summed E-state index contributed by atoms with van der Waals surface area (Å²) >= 11 is 0. The topological polar surface area (TPSA) is 71.2 Å². The number of carbonyl (C=O) groups is 1. The van der Waals surface area contributed by atoms with Gasteiger partial charge in [-0.05, 0) is 44.4 Å². The number of aromatic nitrogens is 1. The van der Waals surface area contributed by atoms with Gasteiger partial charge in [-0.15, -0.1) is 0 Å². The van der Waals surface area contributed by atoms with Crippen LogP contribution >= 0.6 is 0 Å². The van der Waals surface area contributed by atoms with Crippen LogP contribution in [-0.2, 0) is 4.79 Å². The van der Waals surface area contributed by atoms with Crippen LogP contribution < -0.4 is 16.0 Å². The molecule has 2 atom stereocenters. The summed E-state index contributed by atoms with van der Waals surface area (Å²) in [6.45, 7) is 2.69. The molecule has 0 spiro atoms. The Morgan fingerprint density at radius 3 is 3.00 bits per heavy atom. The van der Waals surface area contributed by atoms with E-state index in [4.69, 9.17) is 5.73 Å². The minimum absolute atomic E-state index is 0.190. The van der Waals surface area contributed by atoms with E-state index in [0.717, 1.165) is 51.1 Å². The molecule has 1 aromatic rings.